The van der Waals surface area contributed by atoms with Gasteiger partial charge in [-0.25, -0.2) is 0 Å². The van der Waals surface area contributed by atoms with E-state index in [4.69, 9.17) is 10.4 Å². The average molecular weight is 246 g/mol. The smallest absolute Gasteiger partial charge is 0.308 e. The fourth-order valence-electron chi connectivity index (χ4n) is 1.30. The largest absolute Gasteiger partial charge is 0.481 e. The van der Waals surface area contributed by atoms with Crippen LogP contribution in [0.4, 0.5) is 0 Å². The number of nitriles is 1. The number of carbonyl (C=O) groups is 2. The van der Waals surface area contributed by atoms with Crippen molar-refractivity contribution in [2.24, 2.45) is 5.92 Å². The molecule has 0 spiro atoms. The Labute approximate surface area is 105 Å². The van der Waals surface area contributed by atoms with E-state index in [1.165, 1.54) is 6.92 Å². The summed E-state index contributed by atoms with van der Waals surface area (Å²) in [4.78, 5) is 22.3. The van der Waals surface area contributed by atoms with Crippen LogP contribution < -0.4 is 5.32 Å². The van der Waals surface area contributed by atoms with Gasteiger partial charge in [0.2, 0.25) is 0 Å². The highest BCUT2D eigenvalue weighted by atomic mass is 16.4. The van der Waals surface area contributed by atoms with Gasteiger partial charge in [0, 0.05) is 12.1 Å². The lowest BCUT2D eigenvalue weighted by molar-refractivity contribution is -0.140. The van der Waals surface area contributed by atoms with E-state index in [9.17, 15) is 9.59 Å². The molecule has 0 aromatic heterocycles. The minimum absolute atomic E-state index is 0.0914. The van der Waals surface area contributed by atoms with Crippen molar-refractivity contribution in [3.63, 3.8) is 0 Å². The van der Waals surface area contributed by atoms with Crippen molar-refractivity contribution in [3.8, 4) is 6.07 Å². The molecule has 0 fully saturated rings. The molecule has 0 aliphatic carbocycles. The van der Waals surface area contributed by atoms with Gasteiger partial charge in [-0.05, 0) is 17.7 Å². The van der Waals surface area contributed by atoms with Gasteiger partial charge in [0.25, 0.3) is 5.91 Å². The van der Waals surface area contributed by atoms with E-state index in [0.29, 0.717) is 12.0 Å². The monoisotopic (exact) mass is 246 g/mol. The summed E-state index contributed by atoms with van der Waals surface area (Å²) in [6.45, 7) is 1.62. The van der Waals surface area contributed by atoms with Crippen LogP contribution in [0.2, 0.25) is 0 Å². The Morgan fingerprint density at radius 1 is 1.39 bits per heavy atom. The lowest BCUT2D eigenvalue weighted by Gasteiger charge is -2.08. The predicted octanol–water partition coefficient (Wildman–Crippen LogP) is 1.20. The van der Waals surface area contributed by atoms with Crippen LogP contribution in [-0.2, 0) is 11.2 Å². The molecular formula is C13H14N2O3. The molecule has 1 atom stereocenters. The van der Waals surface area contributed by atoms with E-state index in [1.54, 1.807) is 24.3 Å². The van der Waals surface area contributed by atoms with Gasteiger partial charge in [-0.2, -0.15) is 5.26 Å². The van der Waals surface area contributed by atoms with Gasteiger partial charge in [-0.3, -0.25) is 9.59 Å². The first-order valence-corrected chi connectivity index (χ1v) is 5.51. The van der Waals surface area contributed by atoms with Gasteiger partial charge in [0.1, 0.15) is 0 Å². The van der Waals surface area contributed by atoms with Gasteiger partial charge in [0.15, 0.2) is 0 Å². The first-order chi connectivity index (χ1) is 8.54. The van der Waals surface area contributed by atoms with E-state index in [2.05, 4.69) is 5.32 Å². The minimum Gasteiger partial charge on any atom is -0.481 e. The molecule has 0 saturated carbocycles. The SMILES string of the molecule is CC(CNC(=O)c1ccc(CC#N)cc1)C(=O)O. The first-order valence-electron chi connectivity index (χ1n) is 5.51. The van der Waals surface area contributed by atoms with Crippen LogP contribution in [0, 0.1) is 17.2 Å². The van der Waals surface area contributed by atoms with Gasteiger partial charge < -0.3 is 10.4 Å². The van der Waals surface area contributed by atoms with Crippen molar-refractivity contribution >= 4 is 11.9 Å². The first kappa shape index (κ1) is 13.7. The molecule has 0 saturated heterocycles. The zero-order valence-corrected chi connectivity index (χ0v) is 10.0. The van der Waals surface area contributed by atoms with Crippen LogP contribution >= 0.6 is 0 Å². The standard InChI is InChI=1S/C13H14N2O3/c1-9(13(17)18)8-15-12(16)11-4-2-10(3-5-11)6-7-14/h2-5,9H,6,8H2,1H3,(H,15,16)(H,17,18). The average Bonchev–Trinajstić information content (AvgIpc) is 2.36. The second-order valence-electron chi connectivity index (χ2n) is 3.98. The normalized spacial score (nSPS) is 11.3. The number of aliphatic carboxylic acids is 1. The number of benzene rings is 1. The van der Waals surface area contributed by atoms with Crippen molar-refractivity contribution in [2.75, 3.05) is 6.54 Å². The van der Waals surface area contributed by atoms with Crippen LogP contribution in [0.5, 0.6) is 0 Å². The van der Waals surface area contributed by atoms with Gasteiger partial charge in [-0.15, -0.1) is 0 Å². The number of nitrogens with one attached hydrogen (secondary N) is 1. The van der Waals surface area contributed by atoms with Crippen LogP contribution in [0.15, 0.2) is 24.3 Å². The maximum Gasteiger partial charge on any atom is 0.308 e. The Morgan fingerprint density at radius 2 is 2.00 bits per heavy atom. The molecule has 18 heavy (non-hydrogen) atoms. The topological polar surface area (TPSA) is 90.2 Å². The second kappa shape index (κ2) is 6.40. The number of hydrogen-bond donors (Lipinski definition) is 2. The summed E-state index contributed by atoms with van der Waals surface area (Å²) >= 11 is 0. The summed E-state index contributed by atoms with van der Waals surface area (Å²) in [6.07, 6.45) is 0.304. The molecule has 0 heterocycles. The molecule has 1 rings (SSSR count). The molecule has 2 N–H and O–H groups in total. The highest BCUT2D eigenvalue weighted by Gasteiger charge is 2.12. The van der Waals surface area contributed by atoms with Crippen molar-refractivity contribution in [3.05, 3.63) is 35.4 Å². The van der Waals surface area contributed by atoms with Gasteiger partial charge >= 0.3 is 5.97 Å². The van der Waals surface area contributed by atoms with Crippen molar-refractivity contribution in [2.45, 2.75) is 13.3 Å². The molecule has 1 aromatic rings. The Bertz CT molecular complexity index is 474. The Hall–Kier alpha value is -2.35. The van der Waals surface area contributed by atoms with E-state index in [1.807, 2.05) is 6.07 Å². The van der Waals surface area contributed by atoms with Crippen LogP contribution in [-0.4, -0.2) is 23.5 Å². The van der Waals surface area contributed by atoms with Crippen LogP contribution in [0.3, 0.4) is 0 Å². The molecule has 0 aliphatic rings. The van der Waals surface area contributed by atoms with Gasteiger partial charge in [-0.1, -0.05) is 19.1 Å². The number of amides is 1. The molecule has 0 bridgehead atoms. The quantitative estimate of drug-likeness (QED) is 0.816. The number of nitrogens with zero attached hydrogens (tertiary/aromatic N) is 1. The fourth-order valence-corrected chi connectivity index (χ4v) is 1.30. The number of carboxylic acids is 1. The van der Waals surface area contributed by atoms with Crippen LogP contribution in [0.1, 0.15) is 22.8 Å². The third-order valence-corrected chi connectivity index (χ3v) is 2.49. The van der Waals surface area contributed by atoms with Crippen molar-refractivity contribution < 1.29 is 14.7 Å². The number of carboxylic acid groups (broad SMARTS) is 1. The molecular weight excluding hydrogens is 232 g/mol. The summed E-state index contributed by atoms with van der Waals surface area (Å²) in [5.41, 5.74) is 1.29. The molecule has 5 nitrogen and oxygen atoms in total. The fraction of sp³-hybridized carbons (Fsp3) is 0.308. The molecule has 0 radical (unpaired) electrons. The molecule has 0 aliphatic heterocycles. The highest BCUT2D eigenvalue weighted by Crippen LogP contribution is 2.05. The zero-order valence-electron chi connectivity index (χ0n) is 10.0. The Balaban J connectivity index is 2.57. The summed E-state index contributed by atoms with van der Waals surface area (Å²) in [6, 6.07) is 8.67. The van der Waals surface area contributed by atoms with E-state index in [-0.39, 0.29) is 12.5 Å². The predicted molar refractivity (Wildman–Crippen MR) is 64.9 cm³/mol. The van der Waals surface area contributed by atoms with E-state index < -0.39 is 11.9 Å². The van der Waals surface area contributed by atoms with Crippen molar-refractivity contribution in [1.82, 2.24) is 5.32 Å². The molecule has 1 amide bonds. The van der Waals surface area contributed by atoms with Crippen LogP contribution in [0.25, 0.3) is 0 Å². The molecule has 5 heteroatoms. The van der Waals surface area contributed by atoms with E-state index in [0.717, 1.165) is 5.56 Å². The lowest BCUT2D eigenvalue weighted by Crippen LogP contribution is -2.31. The van der Waals surface area contributed by atoms with Crippen molar-refractivity contribution in [1.29, 1.82) is 5.26 Å². The molecule has 94 valence electrons. The third kappa shape index (κ3) is 3.91. The maximum absolute atomic E-state index is 11.7. The lowest BCUT2D eigenvalue weighted by atomic mass is 10.1. The maximum atomic E-state index is 11.7. The highest BCUT2D eigenvalue weighted by molar-refractivity contribution is 5.94. The summed E-state index contributed by atoms with van der Waals surface area (Å²) in [5.74, 6) is -1.88. The minimum atomic E-state index is -0.945. The second-order valence-corrected chi connectivity index (χ2v) is 3.98. The number of carbonyl (C=O) groups excluding carboxylic acids is 1. The summed E-state index contributed by atoms with van der Waals surface area (Å²) < 4.78 is 0. The Morgan fingerprint density at radius 3 is 2.50 bits per heavy atom. The zero-order chi connectivity index (χ0) is 13.5. The summed E-state index contributed by atoms with van der Waals surface area (Å²) in [5, 5.41) is 19.7. The number of rotatable bonds is 5. The molecule has 1 unspecified atom stereocenters. The van der Waals surface area contributed by atoms with E-state index >= 15 is 0 Å². The molecule has 1 aromatic carbocycles. The Kier molecular flexibility index (Phi) is 4.88. The summed E-state index contributed by atoms with van der Waals surface area (Å²) in [7, 11) is 0. The third-order valence-electron chi connectivity index (χ3n) is 2.49. The van der Waals surface area contributed by atoms with Gasteiger partial charge in [0.05, 0.1) is 18.4 Å². The number of hydrogen-bond acceptors (Lipinski definition) is 3.